The van der Waals surface area contributed by atoms with Crippen molar-refractivity contribution in [1.82, 2.24) is 0 Å². The molecule has 20 heteroatoms. The zero-order valence-corrected chi connectivity index (χ0v) is 39.8. The number of fused-ring (bicyclic) bond motifs is 5. The third-order valence-electron chi connectivity index (χ3n) is 17.8. The van der Waals surface area contributed by atoms with Gasteiger partial charge in [0.05, 0.1) is 49.3 Å². The first-order valence-corrected chi connectivity index (χ1v) is 24.4. The molecule has 7 fully saturated rings. The third kappa shape index (κ3) is 9.34. The first-order valence-electron chi connectivity index (χ1n) is 24.4. The molecule has 67 heavy (non-hydrogen) atoms. The Bertz CT molecular complexity index is 1690. The largest absolute Gasteiger partial charge is 0.394 e. The molecule has 8 aliphatic rings. The number of methoxy groups -OCH3 is 2. The van der Waals surface area contributed by atoms with Crippen molar-refractivity contribution >= 4 is 0 Å². The Morgan fingerprint density at radius 3 is 2.06 bits per heavy atom. The molecule has 386 valence electrons. The molecule has 0 amide bonds. The molecule has 8 rings (SSSR count). The summed E-state index contributed by atoms with van der Waals surface area (Å²) in [5.41, 5.74) is -0.330. The SMILES string of the molecule is CO[C@@H]1[C@H](O)[C@H](O[C@@H]2[C@@H](OC)C[C@@H](O[C@@H]3CC[C@]4(C)C(=CC[C@H]5[C@H]4CC[C@@]4(C)[C@H]([C@H](C)O[C@H]6O[C@@H](CO[C@@H]7O[C@H](CO)[C@H](O)[C@H](O)[C@@H]7O)[C@H](O)[C@@H](O)[C@@H]6O)CC[C@]54O)C3)O[C@@H]2C)O[C@H](C)[C@H]1O. The molecule has 0 unspecified atom stereocenters. The summed E-state index contributed by atoms with van der Waals surface area (Å²) in [5, 5.41) is 107. The number of aliphatic hydroxyl groups excluding tert-OH is 9. The number of hydrogen-bond donors (Lipinski definition) is 10. The van der Waals surface area contributed by atoms with E-state index in [4.69, 9.17) is 47.4 Å². The minimum Gasteiger partial charge on any atom is -0.394 e. The van der Waals surface area contributed by atoms with Crippen molar-refractivity contribution in [2.75, 3.05) is 27.4 Å². The molecule has 4 aliphatic heterocycles. The molecule has 10 N–H and O–H groups in total. The van der Waals surface area contributed by atoms with Gasteiger partial charge >= 0.3 is 0 Å². The molecule has 0 aromatic rings. The van der Waals surface area contributed by atoms with E-state index in [1.165, 1.54) is 12.7 Å². The quantitative estimate of drug-likeness (QED) is 0.100. The number of rotatable bonds is 13. The Morgan fingerprint density at radius 2 is 1.37 bits per heavy atom. The molecular weight excluding hydrogens is 884 g/mol. The van der Waals surface area contributed by atoms with Crippen LogP contribution < -0.4 is 0 Å². The minimum absolute atomic E-state index is 0.00566. The first kappa shape index (κ1) is 52.3. The van der Waals surface area contributed by atoms with Crippen LogP contribution in [0.25, 0.3) is 0 Å². The van der Waals surface area contributed by atoms with Crippen molar-refractivity contribution in [3.63, 3.8) is 0 Å². The summed E-state index contributed by atoms with van der Waals surface area (Å²) in [6, 6.07) is 0. The van der Waals surface area contributed by atoms with Crippen LogP contribution >= 0.6 is 0 Å². The summed E-state index contributed by atoms with van der Waals surface area (Å²) in [5.74, 6) is 0.111. The van der Waals surface area contributed by atoms with Gasteiger partial charge in [-0.05, 0) is 95.3 Å². The lowest BCUT2D eigenvalue weighted by Gasteiger charge is -2.61. The Balaban J connectivity index is 0.872. The van der Waals surface area contributed by atoms with E-state index < -0.39 is 147 Å². The monoisotopic (exact) mass is 963 g/mol. The summed E-state index contributed by atoms with van der Waals surface area (Å²) in [6.45, 7) is 8.82. The molecule has 0 radical (unpaired) electrons. The van der Waals surface area contributed by atoms with Crippen LogP contribution in [0.1, 0.15) is 92.4 Å². The van der Waals surface area contributed by atoms with Crippen molar-refractivity contribution < 1.29 is 98.4 Å². The predicted octanol–water partition coefficient (Wildman–Crippen LogP) is -0.889. The van der Waals surface area contributed by atoms with Crippen molar-refractivity contribution in [2.24, 2.45) is 28.6 Å². The van der Waals surface area contributed by atoms with E-state index in [1.54, 1.807) is 14.0 Å². The predicted molar refractivity (Wildman–Crippen MR) is 230 cm³/mol. The normalized spacial score (nSPS) is 54.1. The maximum Gasteiger partial charge on any atom is 0.187 e. The fraction of sp³-hybridized carbons (Fsp3) is 0.957. The van der Waals surface area contributed by atoms with Gasteiger partial charge in [0.2, 0.25) is 0 Å². The fourth-order valence-electron chi connectivity index (χ4n) is 13.6. The lowest BCUT2D eigenvalue weighted by Crippen LogP contribution is -2.63. The molecular formula is C47H78O20. The fourth-order valence-corrected chi connectivity index (χ4v) is 13.6. The van der Waals surface area contributed by atoms with Crippen LogP contribution in [0.4, 0.5) is 0 Å². The van der Waals surface area contributed by atoms with E-state index in [1.807, 2.05) is 13.8 Å². The molecule has 3 saturated carbocycles. The van der Waals surface area contributed by atoms with Crippen LogP contribution in [0.3, 0.4) is 0 Å². The molecule has 0 spiro atoms. The maximum atomic E-state index is 12.9. The lowest BCUT2D eigenvalue weighted by molar-refractivity contribution is -0.342. The second kappa shape index (κ2) is 20.5. The summed E-state index contributed by atoms with van der Waals surface area (Å²) in [4.78, 5) is 0. The number of hydrogen-bond acceptors (Lipinski definition) is 20. The Hall–Kier alpha value is -1.06. The van der Waals surface area contributed by atoms with Gasteiger partial charge in [-0.25, -0.2) is 0 Å². The van der Waals surface area contributed by atoms with Gasteiger partial charge in [0.1, 0.15) is 73.2 Å². The van der Waals surface area contributed by atoms with Crippen molar-refractivity contribution in [1.29, 1.82) is 0 Å². The number of ether oxygens (including phenoxy) is 10. The second-order valence-corrected chi connectivity index (χ2v) is 21.3. The van der Waals surface area contributed by atoms with E-state index in [2.05, 4.69) is 19.9 Å². The van der Waals surface area contributed by atoms with Gasteiger partial charge in [0.25, 0.3) is 0 Å². The highest BCUT2D eigenvalue weighted by molar-refractivity contribution is 5.28. The van der Waals surface area contributed by atoms with E-state index in [0.29, 0.717) is 19.3 Å². The molecule has 4 aliphatic carbocycles. The molecule has 0 bridgehead atoms. The van der Waals surface area contributed by atoms with Crippen LogP contribution in [0, 0.1) is 28.6 Å². The zero-order chi connectivity index (χ0) is 48.5. The van der Waals surface area contributed by atoms with E-state index >= 15 is 0 Å². The number of allylic oxidation sites excluding steroid dienone is 1. The average Bonchev–Trinajstić information content (AvgIpc) is 3.59. The van der Waals surface area contributed by atoms with Crippen LogP contribution in [0.5, 0.6) is 0 Å². The molecule has 4 heterocycles. The molecule has 27 atom stereocenters. The summed E-state index contributed by atoms with van der Waals surface area (Å²) < 4.78 is 59.8. The van der Waals surface area contributed by atoms with E-state index in [0.717, 1.165) is 38.5 Å². The highest BCUT2D eigenvalue weighted by atomic mass is 16.7. The van der Waals surface area contributed by atoms with Crippen molar-refractivity contribution in [3.05, 3.63) is 11.6 Å². The van der Waals surface area contributed by atoms with Crippen LogP contribution in [-0.2, 0) is 47.4 Å². The summed E-state index contributed by atoms with van der Waals surface area (Å²) >= 11 is 0. The topological polar surface area (TPSA) is 295 Å². The first-order chi connectivity index (χ1) is 31.7. The lowest BCUT2D eigenvalue weighted by atomic mass is 9.45. The molecule has 0 aromatic heterocycles. The van der Waals surface area contributed by atoms with Gasteiger partial charge in [0.15, 0.2) is 25.2 Å². The Kier molecular flexibility index (Phi) is 16.0. The summed E-state index contributed by atoms with van der Waals surface area (Å²) in [7, 11) is 3.03. The van der Waals surface area contributed by atoms with Gasteiger partial charge in [-0.3, -0.25) is 0 Å². The van der Waals surface area contributed by atoms with Gasteiger partial charge in [-0.1, -0.05) is 25.5 Å². The molecule has 0 aromatic carbocycles. The van der Waals surface area contributed by atoms with Crippen molar-refractivity contribution in [3.8, 4) is 0 Å². The zero-order valence-electron chi connectivity index (χ0n) is 39.8. The maximum absolute atomic E-state index is 12.9. The van der Waals surface area contributed by atoms with Crippen LogP contribution in [0.15, 0.2) is 11.6 Å². The Labute approximate surface area is 392 Å². The second-order valence-electron chi connectivity index (χ2n) is 21.3. The number of aliphatic hydroxyl groups is 10. The van der Waals surface area contributed by atoms with Crippen molar-refractivity contribution in [2.45, 2.75) is 227 Å². The smallest absolute Gasteiger partial charge is 0.187 e. The van der Waals surface area contributed by atoms with E-state index in [9.17, 15) is 51.1 Å². The third-order valence-corrected chi connectivity index (χ3v) is 17.8. The highest BCUT2D eigenvalue weighted by Crippen LogP contribution is 2.68. The standard InChI is InChI=1S/C47H78O20/c1-20(62-43-38(55)36(53)34(51)30(66-43)19-60-42-37(54)35(52)33(50)29(18-48)65-42)25-12-15-47(57)27-9-8-23-16-24(10-13-45(23,4)26(27)11-14-46(25,47)5)64-31-17-28(58-6)40(22(3)61-31)67-44-39(56)41(59-7)32(49)21(2)63-44/h8,20-22,24-44,48-57H,9-19H2,1-7H3/t20-,21+,22+,24+,25-,26+,27-,28-,29+,30-,31+,32+,33-,34-,35-,36+,37-,38-,39-,40-,41-,42+,43-,44-,45+,46-,47-/m0/s1. The Morgan fingerprint density at radius 1 is 0.687 bits per heavy atom. The minimum atomic E-state index is -1.68. The highest BCUT2D eigenvalue weighted by Gasteiger charge is 2.67. The average molecular weight is 963 g/mol. The molecule has 20 nitrogen and oxygen atoms in total. The van der Waals surface area contributed by atoms with Gasteiger partial charge in [-0.2, -0.15) is 0 Å². The molecule has 4 saturated heterocycles. The van der Waals surface area contributed by atoms with Gasteiger partial charge in [-0.15, -0.1) is 0 Å². The van der Waals surface area contributed by atoms with E-state index in [-0.39, 0.29) is 29.3 Å². The van der Waals surface area contributed by atoms with Crippen LogP contribution in [-0.4, -0.2) is 213 Å². The summed E-state index contributed by atoms with van der Waals surface area (Å²) in [6.07, 6.45) is -13.8. The van der Waals surface area contributed by atoms with Gasteiger partial charge in [0, 0.05) is 26.1 Å². The van der Waals surface area contributed by atoms with Crippen LogP contribution in [0.2, 0.25) is 0 Å². The van der Waals surface area contributed by atoms with Gasteiger partial charge < -0.3 is 98.4 Å².